The molecule has 1 saturated heterocycles. The van der Waals surface area contributed by atoms with Crippen LogP contribution in [0.3, 0.4) is 0 Å². The topological polar surface area (TPSA) is 75.4 Å². The van der Waals surface area contributed by atoms with E-state index in [2.05, 4.69) is 10.3 Å². The molecule has 20 heavy (non-hydrogen) atoms. The molecule has 7 heteroatoms. The molecule has 3 heterocycles. The predicted molar refractivity (Wildman–Crippen MR) is 73.0 cm³/mol. The third kappa shape index (κ3) is 2.72. The van der Waals surface area contributed by atoms with Crippen LogP contribution in [0.2, 0.25) is 0 Å². The summed E-state index contributed by atoms with van der Waals surface area (Å²) in [5, 5.41) is 5.08. The summed E-state index contributed by atoms with van der Waals surface area (Å²) in [6.45, 7) is 0.823. The van der Waals surface area contributed by atoms with Crippen molar-refractivity contribution in [1.82, 2.24) is 9.88 Å². The lowest BCUT2D eigenvalue weighted by Crippen LogP contribution is -2.27. The van der Waals surface area contributed by atoms with Crippen LogP contribution in [0.1, 0.15) is 12.2 Å². The van der Waals surface area contributed by atoms with Gasteiger partial charge in [0.2, 0.25) is 11.8 Å². The van der Waals surface area contributed by atoms with E-state index in [1.165, 1.54) is 11.3 Å². The molecule has 2 aromatic rings. The van der Waals surface area contributed by atoms with Crippen LogP contribution in [0.4, 0.5) is 5.13 Å². The molecule has 3 rings (SSSR count). The first-order valence-electron chi connectivity index (χ1n) is 6.23. The van der Waals surface area contributed by atoms with E-state index in [0.29, 0.717) is 18.2 Å². The van der Waals surface area contributed by atoms with Gasteiger partial charge in [0.25, 0.3) is 0 Å². The molecule has 0 aromatic carbocycles. The number of nitrogens with zero attached hydrogens (tertiary/aromatic N) is 2. The summed E-state index contributed by atoms with van der Waals surface area (Å²) < 4.78 is 5.22. The number of rotatable bonds is 4. The second-order valence-corrected chi connectivity index (χ2v) is 5.48. The summed E-state index contributed by atoms with van der Waals surface area (Å²) in [6.07, 6.45) is 3.43. The van der Waals surface area contributed by atoms with Crippen molar-refractivity contribution in [2.45, 2.75) is 13.0 Å². The minimum atomic E-state index is -0.332. The third-order valence-electron chi connectivity index (χ3n) is 3.17. The number of thiazole rings is 1. The molecule has 1 aliphatic heterocycles. The predicted octanol–water partition coefficient (Wildman–Crippen LogP) is 1.72. The van der Waals surface area contributed by atoms with Gasteiger partial charge in [-0.05, 0) is 12.1 Å². The maximum Gasteiger partial charge on any atom is 0.231 e. The number of carbonyl (C=O) groups is 2. The molecule has 0 bridgehead atoms. The van der Waals surface area contributed by atoms with Crippen LogP contribution in [0.5, 0.6) is 0 Å². The molecule has 2 aromatic heterocycles. The van der Waals surface area contributed by atoms with Gasteiger partial charge >= 0.3 is 0 Å². The highest BCUT2D eigenvalue weighted by atomic mass is 32.1. The van der Waals surface area contributed by atoms with Gasteiger partial charge in [-0.3, -0.25) is 9.59 Å². The SMILES string of the molecule is O=C(Nc1nccs1)[C@H]1CC(=O)N(Cc2ccco2)C1. The standard InChI is InChI=1S/C13H13N3O3S/c17-11-6-9(12(18)15-13-14-3-5-20-13)7-16(11)8-10-2-1-4-19-10/h1-5,9H,6-8H2,(H,14,15,18)/t9-/m0/s1. The minimum absolute atomic E-state index is 0.0271. The van der Waals surface area contributed by atoms with Crippen LogP contribution in [0, 0.1) is 5.92 Å². The molecular formula is C13H13N3O3S. The quantitative estimate of drug-likeness (QED) is 0.930. The highest BCUT2D eigenvalue weighted by molar-refractivity contribution is 7.13. The number of hydrogen-bond donors (Lipinski definition) is 1. The fraction of sp³-hybridized carbons (Fsp3) is 0.308. The van der Waals surface area contributed by atoms with Crippen LogP contribution in [-0.4, -0.2) is 28.2 Å². The molecule has 1 fully saturated rings. The molecule has 1 N–H and O–H groups in total. The Morgan fingerprint density at radius 3 is 3.20 bits per heavy atom. The van der Waals surface area contributed by atoms with Crippen molar-refractivity contribution in [3.05, 3.63) is 35.7 Å². The molecular weight excluding hydrogens is 278 g/mol. The van der Waals surface area contributed by atoms with E-state index in [0.717, 1.165) is 5.76 Å². The summed E-state index contributed by atoms with van der Waals surface area (Å²) in [7, 11) is 0. The Morgan fingerprint density at radius 1 is 1.60 bits per heavy atom. The number of aromatic nitrogens is 1. The second kappa shape index (κ2) is 5.46. The zero-order chi connectivity index (χ0) is 13.9. The van der Waals surface area contributed by atoms with Gasteiger partial charge in [-0.2, -0.15) is 0 Å². The number of hydrogen-bond acceptors (Lipinski definition) is 5. The smallest absolute Gasteiger partial charge is 0.231 e. The van der Waals surface area contributed by atoms with Gasteiger partial charge < -0.3 is 14.6 Å². The van der Waals surface area contributed by atoms with Crippen LogP contribution < -0.4 is 5.32 Å². The monoisotopic (exact) mass is 291 g/mol. The van der Waals surface area contributed by atoms with Gasteiger partial charge in [0.05, 0.1) is 18.7 Å². The highest BCUT2D eigenvalue weighted by Crippen LogP contribution is 2.22. The lowest BCUT2D eigenvalue weighted by molar-refractivity contribution is -0.128. The Hall–Kier alpha value is -2.15. The molecule has 1 aliphatic rings. The average Bonchev–Trinajstić information content (AvgIpc) is 3.13. The molecule has 6 nitrogen and oxygen atoms in total. The normalized spacial score (nSPS) is 18.5. The van der Waals surface area contributed by atoms with Crippen molar-refractivity contribution >= 4 is 28.3 Å². The Morgan fingerprint density at radius 2 is 2.50 bits per heavy atom. The second-order valence-electron chi connectivity index (χ2n) is 4.58. The maximum absolute atomic E-state index is 12.1. The zero-order valence-electron chi connectivity index (χ0n) is 10.6. The number of likely N-dealkylation sites (tertiary alicyclic amines) is 1. The highest BCUT2D eigenvalue weighted by Gasteiger charge is 2.34. The van der Waals surface area contributed by atoms with Crippen LogP contribution in [-0.2, 0) is 16.1 Å². The Labute approximate surface area is 119 Å². The van der Waals surface area contributed by atoms with Crippen molar-refractivity contribution in [2.75, 3.05) is 11.9 Å². The number of amides is 2. The van der Waals surface area contributed by atoms with Gasteiger partial charge in [0.15, 0.2) is 5.13 Å². The average molecular weight is 291 g/mol. The first kappa shape index (κ1) is 12.9. The van der Waals surface area contributed by atoms with Gasteiger partial charge in [0, 0.05) is 24.5 Å². The molecule has 0 saturated carbocycles. The summed E-state index contributed by atoms with van der Waals surface area (Å²) >= 11 is 1.36. The Bertz CT molecular complexity index is 594. The molecule has 104 valence electrons. The lowest BCUT2D eigenvalue weighted by atomic mass is 10.1. The van der Waals surface area contributed by atoms with E-state index < -0.39 is 0 Å². The minimum Gasteiger partial charge on any atom is -0.467 e. The summed E-state index contributed by atoms with van der Waals surface area (Å²) in [6, 6.07) is 3.60. The Kier molecular flexibility index (Phi) is 3.51. The number of anilines is 1. The molecule has 0 spiro atoms. The van der Waals surface area contributed by atoms with Crippen LogP contribution in [0.25, 0.3) is 0 Å². The third-order valence-corrected chi connectivity index (χ3v) is 3.86. The summed E-state index contributed by atoms with van der Waals surface area (Å²) in [4.78, 5) is 29.6. The lowest BCUT2D eigenvalue weighted by Gasteiger charge is -2.14. The summed E-state index contributed by atoms with van der Waals surface area (Å²) in [5.41, 5.74) is 0. The fourth-order valence-corrected chi connectivity index (χ4v) is 2.72. The number of carbonyl (C=O) groups excluding carboxylic acids is 2. The van der Waals surface area contributed by atoms with Crippen molar-refractivity contribution in [3.63, 3.8) is 0 Å². The maximum atomic E-state index is 12.1. The van der Waals surface area contributed by atoms with Crippen molar-refractivity contribution in [1.29, 1.82) is 0 Å². The van der Waals surface area contributed by atoms with Gasteiger partial charge in [-0.15, -0.1) is 11.3 Å². The summed E-state index contributed by atoms with van der Waals surface area (Å²) in [5.74, 6) is 0.205. The van der Waals surface area contributed by atoms with Gasteiger partial charge in [-0.25, -0.2) is 4.98 Å². The first-order chi connectivity index (χ1) is 9.72. The Balaban J connectivity index is 1.60. The molecule has 2 amide bonds. The van der Waals surface area contributed by atoms with E-state index in [1.807, 2.05) is 6.07 Å². The van der Waals surface area contributed by atoms with Crippen molar-refractivity contribution in [3.8, 4) is 0 Å². The number of nitrogens with one attached hydrogen (secondary N) is 1. The van der Waals surface area contributed by atoms with Crippen LogP contribution in [0.15, 0.2) is 34.4 Å². The van der Waals surface area contributed by atoms with E-state index in [-0.39, 0.29) is 24.2 Å². The fourth-order valence-electron chi connectivity index (χ4n) is 2.18. The zero-order valence-corrected chi connectivity index (χ0v) is 11.4. The van der Waals surface area contributed by atoms with Gasteiger partial charge in [-0.1, -0.05) is 0 Å². The van der Waals surface area contributed by atoms with Crippen molar-refractivity contribution < 1.29 is 14.0 Å². The number of furan rings is 1. The van der Waals surface area contributed by atoms with E-state index >= 15 is 0 Å². The van der Waals surface area contributed by atoms with E-state index in [9.17, 15) is 9.59 Å². The van der Waals surface area contributed by atoms with Crippen molar-refractivity contribution in [2.24, 2.45) is 5.92 Å². The molecule has 0 radical (unpaired) electrons. The first-order valence-corrected chi connectivity index (χ1v) is 7.11. The van der Waals surface area contributed by atoms with Crippen LogP contribution >= 0.6 is 11.3 Å². The largest absolute Gasteiger partial charge is 0.467 e. The molecule has 0 unspecified atom stereocenters. The molecule has 0 aliphatic carbocycles. The van der Waals surface area contributed by atoms with Gasteiger partial charge in [0.1, 0.15) is 5.76 Å². The molecule has 1 atom stereocenters. The van der Waals surface area contributed by atoms with E-state index in [1.54, 1.807) is 28.8 Å². The van der Waals surface area contributed by atoms with E-state index in [4.69, 9.17) is 4.42 Å².